The zero-order chi connectivity index (χ0) is 9.52. The standard InChI is InChI=1S/C10H19NO2/c1-2-13-10(9-12)8-11-6-4-3-5-7-11/h9-10H,2-8H2,1H3. The van der Waals surface area contributed by atoms with Crippen molar-refractivity contribution in [1.29, 1.82) is 0 Å². The fourth-order valence-electron chi connectivity index (χ4n) is 1.75. The van der Waals surface area contributed by atoms with Crippen molar-refractivity contribution in [3.8, 4) is 0 Å². The number of rotatable bonds is 5. The molecule has 0 aliphatic carbocycles. The van der Waals surface area contributed by atoms with E-state index in [1.54, 1.807) is 0 Å². The first-order valence-corrected chi connectivity index (χ1v) is 5.16. The van der Waals surface area contributed by atoms with Gasteiger partial charge in [-0.2, -0.15) is 0 Å². The Kier molecular flexibility index (Phi) is 5.01. The molecule has 1 aliphatic heterocycles. The van der Waals surface area contributed by atoms with Gasteiger partial charge in [0.25, 0.3) is 0 Å². The minimum Gasteiger partial charge on any atom is -0.370 e. The molecule has 76 valence electrons. The van der Waals surface area contributed by atoms with Crippen molar-refractivity contribution in [2.45, 2.75) is 32.3 Å². The van der Waals surface area contributed by atoms with Crippen LogP contribution in [0.15, 0.2) is 0 Å². The molecule has 0 spiro atoms. The predicted octanol–water partition coefficient (Wildman–Crippen LogP) is 1.08. The first kappa shape index (κ1) is 10.7. The van der Waals surface area contributed by atoms with E-state index in [9.17, 15) is 4.79 Å². The maximum Gasteiger partial charge on any atom is 0.150 e. The maximum atomic E-state index is 10.6. The van der Waals surface area contributed by atoms with Crippen LogP contribution in [0.4, 0.5) is 0 Å². The molecule has 0 bridgehead atoms. The topological polar surface area (TPSA) is 29.5 Å². The summed E-state index contributed by atoms with van der Waals surface area (Å²) in [5, 5.41) is 0. The smallest absolute Gasteiger partial charge is 0.150 e. The maximum absolute atomic E-state index is 10.6. The Bertz CT molecular complexity index is 144. The Morgan fingerprint density at radius 2 is 2.08 bits per heavy atom. The molecule has 0 aromatic rings. The minimum atomic E-state index is -0.219. The summed E-state index contributed by atoms with van der Waals surface area (Å²) in [6.07, 6.45) is 4.55. The van der Waals surface area contributed by atoms with Gasteiger partial charge < -0.3 is 14.4 Å². The van der Waals surface area contributed by atoms with Crippen molar-refractivity contribution < 1.29 is 9.53 Å². The van der Waals surface area contributed by atoms with Gasteiger partial charge in [-0.3, -0.25) is 0 Å². The molecule has 3 nitrogen and oxygen atoms in total. The van der Waals surface area contributed by atoms with Crippen LogP contribution in [0.1, 0.15) is 26.2 Å². The Morgan fingerprint density at radius 3 is 2.62 bits per heavy atom. The third-order valence-corrected chi connectivity index (χ3v) is 2.42. The number of hydrogen-bond donors (Lipinski definition) is 0. The molecule has 0 N–H and O–H groups in total. The minimum absolute atomic E-state index is 0.219. The van der Waals surface area contributed by atoms with E-state index in [4.69, 9.17) is 4.74 Å². The molecule has 1 rings (SSSR count). The molecule has 0 aromatic carbocycles. The highest BCUT2D eigenvalue weighted by Gasteiger charge is 2.15. The summed E-state index contributed by atoms with van der Waals surface area (Å²) in [6.45, 7) is 5.57. The lowest BCUT2D eigenvalue weighted by Crippen LogP contribution is -2.38. The normalized spacial score (nSPS) is 21.3. The third kappa shape index (κ3) is 3.87. The fourth-order valence-corrected chi connectivity index (χ4v) is 1.75. The number of ether oxygens (including phenoxy) is 1. The molecule has 1 atom stereocenters. The fraction of sp³-hybridized carbons (Fsp3) is 0.900. The van der Waals surface area contributed by atoms with E-state index in [1.807, 2.05) is 6.92 Å². The Hall–Kier alpha value is -0.410. The molecule has 1 fully saturated rings. The summed E-state index contributed by atoms with van der Waals surface area (Å²) in [7, 11) is 0. The third-order valence-electron chi connectivity index (χ3n) is 2.42. The van der Waals surface area contributed by atoms with E-state index < -0.39 is 0 Å². The van der Waals surface area contributed by atoms with Crippen LogP contribution in [0.2, 0.25) is 0 Å². The summed E-state index contributed by atoms with van der Waals surface area (Å²) in [4.78, 5) is 12.9. The Morgan fingerprint density at radius 1 is 1.38 bits per heavy atom. The number of aldehydes is 1. The summed E-state index contributed by atoms with van der Waals surface area (Å²) in [5.74, 6) is 0. The molecule has 1 aliphatic rings. The number of carbonyl (C=O) groups is 1. The number of nitrogens with zero attached hydrogens (tertiary/aromatic N) is 1. The quantitative estimate of drug-likeness (QED) is 0.600. The van der Waals surface area contributed by atoms with Crippen LogP contribution in [-0.2, 0) is 9.53 Å². The molecular weight excluding hydrogens is 166 g/mol. The number of likely N-dealkylation sites (tertiary alicyclic amines) is 1. The van der Waals surface area contributed by atoms with Gasteiger partial charge in [-0.25, -0.2) is 0 Å². The van der Waals surface area contributed by atoms with Gasteiger partial charge in [0, 0.05) is 13.2 Å². The van der Waals surface area contributed by atoms with E-state index in [1.165, 1.54) is 19.3 Å². The van der Waals surface area contributed by atoms with Crippen LogP contribution in [0.25, 0.3) is 0 Å². The summed E-state index contributed by atoms with van der Waals surface area (Å²) in [6, 6.07) is 0. The lowest BCUT2D eigenvalue weighted by molar-refractivity contribution is -0.119. The zero-order valence-corrected chi connectivity index (χ0v) is 8.37. The van der Waals surface area contributed by atoms with Crippen LogP contribution in [-0.4, -0.2) is 43.5 Å². The first-order valence-electron chi connectivity index (χ1n) is 5.16. The van der Waals surface area contributed by atoms with Crippen molar-refractivity contribution >= 4 is 6.29 Å². The summed E-state index contributed by atoms with van der Waals surface area (Å²) in [5.41, 5.74) is 0. The van der Waals surface area contributed by atoms with E-state index >= 15 is 0 Å². The van der Waals surface area contributed by atoms with E-state index in [0.29, 0.717) is 6.61 Å². The van der Waals surface area contributed by atoms with E-state index in [2.05, 4.69) is 4.90 Å². The average Bonchev–Trinajstić information content (AvgIpc) is 2.19. The second-order valence-corrected chi connectivity index (χ2v) is 3.49. The largest absolute Gasteiger partial charge is 0.370 e. The first-order chi connectivity index (χ1) is 6.36. The molecular formula is C10H19NO2. The number of piperidine rings is 1. The monoisotopic (exact) mass is 185 g/mol. The molecule has 1 unspecified atom stereocenters. The van der Waals surface area contributed by atoms with Crippen molar-refractivity contribution in [3.05, 3.63) is 0 Å². The molecule has 3 heteroatoms. The van der Waals surface area contributed by atoms with Crippen molar-refractivity contribution in [3.63, 3.8) is 0 Å². The van der Waals surface area contributed by atoms with Gasteiger partial charge in [-0.05, 0) is 32.9 Å². The Labute approximate surface area is 80.1 Å². The molecule has 1 saturated heterocycles. The van der Waals surface area contributed by atoms with E-state index in [-0.39, 0.29) is 6.10 Å². The van der Waals surface area contributed by atoms with Gasteiger partial charge >= 0.3 is 0 Å². The highest BCUT2D eigenvalue weighted by molar-refractivity contribution is 5.56. The lowest BCUT2D eigenvalue weighted by Gasteiger charge is -2.28. The molecule has 1 heterocycles. The predicted molar refractivity (Wildman–Crippen MR) is 51.8 cm³/mol. The van der Waals surface area contributed by atoms with Gasteiger partial charge in [0.05, 0.1) is 0 Å². The van der Waals surface area contributed by atoms with Crippen LogP contribution in [0.5, 0.6) is 0 Å². The molecule has 0 aromatic heterocycles. The van der Waals surface area contributed by atoms with Gasteiger partial charge in [0.15, 0.2) is 0 Å². The van der Waals surface area contributed by atoms with Gasteiger partial charge in [0.1, 0.15) is 12.4 Å². The average molecular weight is 185 g/mol. The number of carbonyl (C=O) groups excluding carboxylic acids is 1. The second kappa shape index (κ2) is 6.11. The highest BCUT2D eigenvalue weighted by atomic mass is 16.5. The van der Waals surface area contributed by atoms with Crippen LogP contribution in [0.3, 0.4) is 0 Å². The number of hydrogen-bond acceptors (Lipinski definition) is 3. The molecule has 0 radical (unpaired) electrons. The van der Waals surface area contributed by atoms with Gasteiger partial charge in [0.2, 0.25) is 0 Å². The molecule has 0 amide bonds. The van der Waals surface area contributed by atoms with Crippen LogP contribution >= 0.6 is 0 Å². The SMILES string of the molecule is CCOC(C=O)CN1CCCCC1. The van der Waals surface area contributed by atoms with E-state index in [0.717, 1.165) is 25.9 Å². The zero-order valence-electron chi connectivity index (χ0n) is 8.37. The van der Waals surface area contributed by atoms with Gasteiger partial charge in [-0.1, -0.05) is 6.42 Å². The van der Waals surface area contributed by atoms with Crippen molar-refractivity contribution in [2.75, 3.05) is 26.2 Å². The Balaban J connectivity index is 2.22. The van der Waals surface area contributed by atoms with Crippen LogP contribution < -0.4 is 0 Å². The summed E-state index contributed by atoms with van der Waals surface area (Å²) >= 11 is 0. The van der Waals surface area contributed by atoms with Crippen LogP contribution in [0, 0.1) is 0 Å². The van der Waals surface area contributed by atoms with Gasteiger partial charge in [-0.15, -0.1) is 0 Å². The second-order valence-electron chi connectivity index (χ2n) is 3.49. The molecule has 0 saturated carbocycles. The van der Waals surface area contributed by atoms with Crippen molar-refractivity contribution in [2.24, 2.45) is 0 Å². The molecule has 13 heavy (non-hydrogen) atoms. The highest BCUT2D eigenvalue weighted by Crippen LogP contribution is 2.09. The van der Waals surface area contributed by atoms with Crippen molar-refractivity contribution in [1.82, 2.24) is 4.90 Å². The summed E-state index contributed by atoms with van der Waals surface area (Å²) < 4.78 is 5.28. The lowest BCUT2D eigenvalue weighted by atomic mass is 10.1.